The molecule has 0 unspecified atom stereocenters. The Bertz CT molecular complexity index is 318. The fourth-order valence-corrected chi connectivity index (χ4v) is 1.49. The first kappa shape index (κ1) is 12.4. The van der Waals surface area contributed by atoms with Crippen molar-refractivity contribution < 1.29 is 8.78 Å². The lowest BCUT2D eigenvalue weighted by Gasteiger charge is -2.07. The van der Waals surface area contributed by atoms with Crippen LogP contribution in [-0.4, -0.2) is 12.7 Å². The molecule has 2 N–H and O–H groups in total. The third-order valence-electron chi connectivity index (χ3n) is 2.27. The van der Waals surface area contributed by atoms with E-state index in [1.807, 2.05) is 0 Å². The molecule has 0 saturated heterocycles. The molecule has 1 atom stereocenters. The second kappa shape index (κ2) is 5.42. The molecule has 15 heavy (non-hydrogen) atoms. The van der Waals surface area contributed by atoms with E-state index < -0.39 is 12.0 Å². The number of nitrogens with two attached hydrogens (primary N) is 1. The summed E-state index contributed by atoms with van der Waals surface area (Å²) in [5.74, 6) is -0.449. The molecule has 0 bridgehead atoms. The molecule has 1 nitrogen and oxygen atoms in total. The smallest absolute Gasteiger partial charge is 0.142 e. The molecule has 0 heterocycles. The quantitative estimate of drug-likeness (QED) is 0.850. The molecule has 0 fully saturated rings. The van der Waals surface area contributed by atoms with Crippen molar-refractivity contribution in [1.82, 2.24) is 0 Å². The molecule has 0 aliphatic heterocycles. The highest BCUT2D eigenvalue weighted by molar-refractivity contribution is 6.31. The normalized spacial score (nSPS) is 12.9. The highest BCUT2D eigenvalue weighted by Gasteiger charge is 2.08. The zero-order chi connectivity index (χ0) is 11.4. The van der Waals surface area contributed by atoms with E-state index in [-0.39, 0.29) is 11.6 Å². The molecule has 0 aliphatic rings. The molecule has 0 radical (unpaired) electrons. The number of alkyl halides is 1. The fraction of sp³-hybridized carbons (Fsp3) is 0.455. The van der Waals surface area contributed by atoms with Gasteiger partial charge in [-0.1, -0.05) is 17.7 Å². The highest BCUT2D eigenvalue weighted by atomic mass is 35.5. The van der Waals surface area contributed by atoms with Gasteiger partial charge in [0.2, 0.25) is 0 Å². The Balaban J connectivity index is 2.70. The van der Waals surface area contributed by atoms with Crippen molar-refractivity contribution in [2.45, 2.75) is 25.9 Å². The van der Waals surface area contributed by atoms with Crippen LogP contribution in [0.2, 0.25) is 5.02 Å². The second-order valence-corrected chi connectivity index (χ2v) is 3.96. The van der Waals surface area contributed by atoms with Crippen LogP contribution in [0.1, 0.15) is 17.5 Å². The second-order valence-electron chi connectivity index (χ2n) is 3.58. The van der Waals surface area contributed by atoms with Crippen LogP contribution < -0.4 is 5.73 Å². The Kier molecular flexibility index (Phi) is 4.48. The van der Waals surface area contributed by atoms with Crippen LogP contribution in [0.4, 0.5) is 8.78 Å². The van der Waals surface area contributed by atoms with Crippen molar-refractivity contribution >= 4 is 11.6 Å². The van der Waals surface area contributed by atoms with Gasteiger partial charge in [-0.3, -0.25) is 0 Å². The summed E-state index contributed by atoms with van der Waals surface area (Å²) >= 11 is 5.67. The molecule has 1 rings (SSSR count). The van der Waals surface area contributed by atoms with Gasteiger partial charge in [-0.25, -0.2) is 8.78 Å². The van der Waals surface area contributed by atoms with Crippen LogP contribution in [0.5, 0.6) is 0 Å². The van der Waals surface area contributed by atoms with Gasteiger partial charge < -0.3 is 5.73 Å². The average molecular weight is 234 g/mol. The van der Waals surface area contributed by atoms with Crippen molar-refractivity contribution in [3.63, 3.8) is 0 Å². The van der Waals surface area contributed by atoms with Crippen LogP contribution in [0.15, 0.2) is 12.1 Å². The molecule has 1 aromatic rings. The minimum Gasteiger partial charge on any atom is -0.328 e. The average Bonchev–Trinajstić information content (AvgIpc) is 2.22. The Labute approximate surface area is 93.2 Å². The number of hydrogen-bond donors (Lipinski definition) is 1. The van der Waals surface area contributed by atoms with Crippen LogP contribution in [0.3, 0.4) is 0 Å². The van der Waals surface area contributed by atoms with Crippen LogP contribution >= 0.6 is 11.6 Å². The molecule has 0 spiro atoms. The maximum absolute atomic E-state index is 13.2. The van der Waals surface area contributed by atoms with Crippen LogP contribution in [0.25, 0.3) is 0 Å². The zero-order valence-corrected chi connectivity index (χ0v) is 9.32. The lowest BCUT2D eigenvalue weighted by molar-refractivity contribution is 0.322. The summed E-state index contributed by atoms with van der Waals surface area (Å²) in [6.45, 7) is 1.74. The maximum Gasteiger partial charge on any atom is 0.142 e. The summed E-state index contributed by atoms with van der Waals surface area (Å²) in [4.78, 5) is 0. The topological polar surface area (TPSA) is 26.0 Å². The van der Waals surface area contributed by atoms with E-state index in [4.69, 9.17) is 17.3 Å². The van der Waals surface area contributed by atoms with Crippen molar-refractivity contribution in [2.75, 3.05) is 6.54 Å². The summed E-state index contributed by atoms with van der Waals surface area (Å²) in [6.07, 6.45) is -0.228. The third kappa shape index (κ3) is 3.43. The zero-order valence-electron chi connectivity index (χ0n) is 8.56. The number of halogens is 3. The van der Waals surface area contributed by atoms with E-state index in [9.17, 15) is 8.78 Å². The maximum atomic E-state index is 13.2. The first-order valence-corrected chi connectivity index (χ1v) is 5.21. The predicted molar refractivity (Wildman–Crippen MR) is 58.4 cm³/mol. The first-order valence-electron chi connectivity index (χ1n) is 4.83. The molecule has 0 aromatic heterocycles. The van der Waals surface area contributed by atoms with Gasteiger partial charge >= 0.3 is 0 Å². The molecule has 0 saturated carbocycles. The monoisotopic (exact) mass is 233 g/mol. The van der Waals surface area contributed by atoms with Gasteiger partial charge in [0.25, 0.3) is 0 Å². The number of rotatable bonds is 4. The van der Waals surface area contributed by atoms with E-state index >= 15 is 0 Å². The fourth-order valence-electron chi connectivity index (χ4n) is 1.38. The summed E-state index contributed by atoms with van der Waals surface area (Å²) < 4.78 is 26.0. The van der Waals surface area contributed by atoms with Crippen LogP contribution in [0, 0.1) is 12.7 Å². The predicted octanol–water partition coefficient (Wildman–Crippen LogP) is 3.02. The molecule has 1 aromatic carbocycles. The molecule has 4 heteroatoms. The SMILES string of the molecule is Cc1cc(CC[C@@H](F)CN)cc(F)c1Cl. The van der Waals surface area contributed by atoms with Gasteiger partial charge in [-0.15, -0.1) is 0 Å². The number of hydrogen-bond acceptors (Lipinski definition) is 1. The van der Waals surface area contributed by atoms with Crippen molar-refractivity contribution in [2.24, 2.45) is 5.73 Å². The van der Waals surface area contributed by atoms with E-state index in [0.717, 1.165) is 5.56 Å². The lowest BCUT2D eigenvalue weighted by atomic mass is 10.0. The molecule has 0 amide bonds. The van der Waals surface area contributed by atoms with E-state index in [1.165, 1.54) is 6.07 Å². The highest BCUT2D eigenvalue weighted by Crippen LogP contribution is 2.22. The number of benzene rings is 1. The first-order chi connectivity index (χ1) is 7.04. The van der Waals surface area contributed by atoms with Crippen molar-refractivity contribution in [3.8, 4) is 0 Å². The number of aryl methyl sites for hydroxylation is 2. The Morgan fingerprint density at radius 2 is 2.13 bits per heavy atom. The van der Waals surface area contributed by atoms with Crippen LogP contribution in [-0.2, 0) is 6.42 Å². The van der Waals surface area contributed by atoms with Gasteiger partial charge in [-0.2, -0.15) is 0 Å². The van der Waals surface area contributed by atoms with Gasteiger partial charge in [0, 0.05) is 6.54 Å². The van der Waals surface area contributed by atoms with E-state index in [0.29, 0.717) is 18.4 Å². The minimum absolute atomic E-state index is 0.00898. The van der Waals surface area contributed by atoms with Crippen molar-refractivity contribution in [3.05, 3.63) is 34.1 Å². The molecular weight excluding hydrogens is 220 g/mol. The molecule has 0 aliphatic carbocycles. The molecular formula is C11H14ClF2N. The van der Waals surface area contributed by atoms with Gasteiger partial charge in [0.1, 0.15) is 12.0 Å². The van der Waals surface area contributed by atoms with Crippen molar-refractivity contribution in [1.29, 1.82) is 0 Å². The molecule has 84 valence electrons. The summed E-state index contributed by atoms with van der Waals surface area (Å²) in [5.41, 5.74) is 6.58. The van der Waals surface area contributed by atoms with Gasteiger partial charge in [-0.05, 0) is 37.0 Å². The third-order valence-corrected chi connectivity index (χ3v) is 2.75. The Morgan fingerprint density at radius 1 is 1.47 bits per heavy atom. The Hall–Kier alpha value is -0.670. The Morgan fingerprint density at radius 3 is 2.67 bits per heavy atom. The largest absolute Gasteiger partial charge is 0.328 e. The van der Waals surface area contributed by atoms with E-state index in [2.05, 4.69) is 0 Å². The lowest BCUT2D eigenvalue weighted by Crippen LogP contribution is -2.15. The van der Waals surface area contributed by atoms with Gasteiger partial charge in [0.15, 0.2) is 0 Å². The summed E-state index contributed by atoms with van der Waals surface area (Å²) in [5, 5.41) is 0.134. The van der Waals surface area contributed by atoms with E-state index in [1.54, 1.807) is 13.0 Å². The van der Waals surface area contributed by atoms with Gasteiger partial charge in [0.05, 0.1) is 5.02 Å². The minimum atomic E-state index is -1.02. The standard InChI is InChI=1S/C11H14ClF2N/c1-7-4-8(2-3-9(13)6-15)5-10(14)11(7)12/h4-5,9H,2-3,6,15H2,1H3/t9-/m1/s1. The summed E-state index contributed by atoms with van der Waals surface area (Å²) in [7, 11) is 0. The summed E-state index contributed by atoms with van der Waals surface area (Å²) in [6, 6.07) is 3.12.